The van der Waals surface area contributed by atoms with E-state index in [9.17, 15) is 15.0 Å². The summed E-state index contributed by atoms with van der Waals surface area (Å²) in [6.07, 6.45) is 0. The van der Waals surface area contributed by atoms with Crippen molar-refractivity contribution in [1.29, 1.82) is 0 Å². The van der Waals surface area contributed by atoms with Gasteiger partial charge in [0, 0.05) is 5.56 Å². The van der Waals surface area contributed by atoms with Crippen LogP contribution in [0.4, 0.5) is 0 Å². The van der Waals surface area contributed by atoms with Crippen molar-refractivity contribution in [3.8, 4) is 23.3 Å². The summed E-state index contributed by atoms with van der Waals surface area (Å²) in [5.74, 6) is 3.84. The molecular formula is C15H10O4. The largest absolute Gasteiger partial charge is 0.507 e. The van der Waals surface area contributed by atoms with Crippen molar-refractivity contribution in [2.45, 2.75) is 0 Å². The molecule has 0 bridgehead atoms. The molecule has 0 saturated carbocycles. The average molecular weight is 254 g/mol. The molecule has 0 fully saturated rings. The number of carboxylic acid groups (broad SMARTS) is 1. The highest BCUT2D eigenvalue weighted by Crippen LogP contribution is 2.25. The Morgan fingerprint density at radius 3 is 2.16 bits per heavy atom. The van der Waals surface area contributed by atoms with Crippen LogP contribution in [0.25, 0.3) is 0 Å². The van der Waals surface area contributed by atoms with Crippen LogP contribution in [0.2, 0.25) is 0 Å². The molecule has 0 aliphatic heterocycles. The Bertz CT molecular complexity index is 673. The van der Waals surface area contributed by atoms with Gasteiger partial charge in [-0.05, 0) is 24.3 Å². The smallest absolute Gasteiger partial charge is 0.336 e. The van der Waals surface area contributed by atoms with Crippen LogP contribution in [0.5, 0.6) is 11.5 Å². The predicted molar refractivity (Wildman–Crippen MR) is 69.2 cm³/mol. The van der Waals surface area contributed by atoms with E-state index in [0.717, 1.165) is 0 Å². The fraction of sp³-hybridized carbons (Fsp3) is 0. The first-order chi connectivity index (χ1) is 9.09. The van der Waals surface area contributed by atoms with Gasteiger partial charge < -0.3 is 15.3 Å². The van der Waals surface area contributed by atoms with Gasteiger partial charge in [0.15, 0.2) is 0 Å². The molecule has 0 aliphatic rings. The van der Waals surface area contributed by atoms with Crippen molar-refractivity contribution in [2.75, 3.05) is 0 Å². The van der Waals surface area contributed by atoms with E-state index < -0.39 is 5.97 Å². The van der Waals surface area contributed by atoms with Gasteiger partial charge in [0.25, 0.3) is 0 Å². The Labute approximate surface area is 109 Å². The van der Waals surface area contributed by atoms with E-state index in [1.807, 2.05) is 0 Å². The molecule has 0 atom stereocenters. The molecule has 4 nitrogen and oxygen atoms in total. The Hall–Kier alpha value is -2.93. The van der Waals surface area contributed by atoms with Crippen LogP contribution in [0.1, 0.15) is 21.5 Å². The second-order valence-corrected chi connectivity index (χ2v) is 3.77. The first-order valence-corrected chi connectivity index (χ1v) is 5.45. The predicted octanol–water partition coefficient (Wildman–Crippen LogP) is 2.20. The summed E-state index contributed by atoms with van der Waals surface area (Å²) in [6, 6.07) is 10.6. The third-order valence-corrected chi connectivity index (χ3v) is 2.50. The third kappa shape index (κ3) is 2.67. The van der Waals surface area contributed by atoms with Gasteiger partial charge in [0.2, 0.25) is 0 Å². The number of hydrogen-bond donors (Lipinski definition) is 3. The highest BCUT2D eigenvalue weighted by Gasteiger charge is 2.07. The maximum absolute atomic E-state index is 11.0. The number of benzene rings is 2. The first kappa shape index (κ1) is 12.5. The summed E-state index contributed by atoms with van der Waals surface area (Å²) in [6.45, 7) is 0. The van der Waals surface area contributed by atoms with Crippen molar-refractivity contribution >= 4 is 5.97 Å². The number of phenolic OH excluding ortho intramolecular Hbond substituents is 2. The lowest BCUT2D eigenvalue weighted by atomic mass is 10.1. The lowest BCUT2D eigenvalue weighted by Crippen LogP contribution is -1.99. The van der Waals surface area contributed by atoms with E-state index in [4.69, 9.17) is 5.11 Å². The van der Waals surface area contributed by atoms with Crippen molar-refractivity contribution in [3.05, 3.63) is 59.2 Å². The van der Waals surface area contributed by atoms with Gasteiger partial charge in [0.05, 0.1) is 5.56 Å². The van der Waals surface area contributed by atoms with Gasteiger partial charge >= 0.3 is 5.97 Å². The highest BCUT2D eigenvalue weighted by molar-refractivity contribution is 5.90. The van der Waals surface area contributed by atoms with Crippen LogP contribution in [0, 0.1) is 11.8 Å². The number of carbonyl (C=O) groups is 1. The van der Waals surface area contributed by atoms with Crippen LogP contribution in [0.15, 0.2) is 42.5 Å². The summed E-state index contributed by atoms with van der Waals surface area (Å²) in [7, 11) is 0. The molecular weight excluding hydrogens is 244 g/mol. The first-order valence-electron chi connectivity index (χ1n) is 5.45. The summed E-state index contributed by atoms with van der Waals surface area (Å²) in [4.78, 5) is 11.0. The van der Waals surface area contributed by atoms with Crippen molar-refractivity contribution < 1.29 is 20.1 Å². The lowest BCUT2D eigenvalue weighted by molar-refractivity contribution is 0.0696. The highest BCUT2D eigenvalue weighted by atomic mass is 16.4. The molecule has 0 radical (unpaired) electrons. The second kappa shape index (κ2) is 5.15. The molecule has 19 heavy (non-hydrogen) atoms. The van der Waals surface area contributed by atoms with E-state index in [1.165, 1.54) is 24.3 Å². The standard InChI is InChI=1S/C15H10O4/c16-13-6-3-7-14(17)12(13)9-8-10-4-1-2-5-11(10)15(18)19/h1-7,16-17H,(H,18,19). The average Bonchev–Trinajstić information content (AvgIpc) is 2.38. The maximum Gasteiger partial charge on any atom is 0.336 e. The van der Waals surface area contributed by atoms with Gasteiger partial charge in [-0.1, -0.05) is 30.0 Å². The minimum absolute atomic E-state index is 0.0719. The molecule has 0 amide bonds. The summed E-state index contributed by atoms with van der Waals surface area (Å²) >= 11 is 0. The summed E-state index contributed by atoms with van der Waals surface area (Å²) < 4.78 is 0. The van der Waals surface area contributed by atoms with Crippen LogP contribution < -0.4 is 0 Å². The van der Waals surface area contributed by atoms with Crippen LogP contribution in [0.3, 0.4) is 0 Å². The van der Waals surface area contributed by atoms with Gasteiger partial charge in [-0.3, -0.25) is 0 Å². The van der Waals surface area contributed by atoms with Crippen molar-refractivity contribution in [3.63, 3.8) is 0 Å². The second-order valence-electron chi connectivity index (χ2n) is 3.77. The topological polar surface area (TPSA) is 77.8 Å². The normalized spacial score (nSPS) is 9.47. The zero-order chi connectivity index (χ0) is 13.8. The monoisotopic (exact) mass is 254 g/mol. The molecule has 4 heteroatoms. The molecule has 0 aromatic heterocycles. The Morgan fingerprint density at radius 1 is 0.895 bits per heavy atom. The molecule has 0 saturated heterocycles. The maximum atomic E-state index is 11.0. The number of phenols is 2. The van der Waals surface area contributed by atoms with E-state index in [0.29, 0.717) is 5.56 Å². The van der Waals surface area contributed by atoms with Crippen molar-refractivity contribution in [2.24, 2.45) is 0 Å². The molecule has 0 spiro atoms. The molecule has 2 aromatic rings. The Balaban J connectivity index is 2.49. The molecule has 0 heterocycles. The SMILES string of the molecule is O=C(O)c1ccccc1C#Cc1c(O)cccc1O. The number of aromatic carboxylic acids is 1. The number of aromatic hydroxyl groups is 2. The number of rotatable bonds is 1. The minimum atomic E-state index is -1.08. The Morgan fingerprint density at radius 2 is 1.53 bits per heavy atom. The van der Waals surface area contributed by atoms with E-state index in [-0.39, 0.29) is 22.6 Å². The van der Waals surface area contributed by atoms with Crippen molar-refractivity contribution in [1.82, 2.24) is 0 Å². The molecule has 3 N–H and O–H groups in total. The fourth-order valence-corrected chi connectivity index (χ4v) is 1.56. The number of hydrogen-bond acceptors (Lipinski definition) is 3. The lowest BCUT2D eigenvalue weighted by Gasteiger charge is -2.00. The zero-order valence-electron chi connectivity index (χ0n) is 9.79. The van der Waals surface area contributed by atoms with E-state index >= 15 is 0 Å². The van der Waals surface area contributed by atoms with Crippen LogP contribution >= 0.6 is 0 Å². The quantitative estimate of drug-likeness (QED) is 0.682. The molecule has 2 aromatic carbocycles. The van der Waals surface area contributed by atoms with Gasteiger partial charge in [0.1, 0.15) is 17.1 Å². The molecule has 94 valence electrons. The molecule has 0 unspecified atom stereocenters. The number of carboxylic acids is 1. The molecule has 0 aliphatic carbocycles. The summed E-state index contributed by atoms with van der Waals surface area (Å²) in [5.41, 5.74) is 0.463. The van der Waals surface area contributed by atoms with Gasteiger partial charge in [-0.15, -0.1) is 0 Å². The third-order valence-electron chi connectivity index (χ3n) is 2.50. The summed E-state index contributed by atoms with van der Waals surface area (Å²) in [5, 5.41) is 28.1. The zero-order valence-corrected chi connectivity index (χ0v) is 9.79. The van der Waals surface area contributed by atoms with E-state index in [1.54, 1.807) is 18.2 Å². The Kier molecular flexibility index (Phi) is 3.39. The van der Waals surface area contributed by atoms with Crippen LogP contribution in [-0.4, -0.2) is 21.3 Å². The van der Waals surface area contributed by atoms with Gasteiger partial charge in [-0.2, -0.15) is 0 Å². The van der Waals surface area contributed by atoms with E-state index in [2.05, 4.69) is 11.8 Å². The minimum Gasteiger partial charge on any atom is -0.507 e. The fourth-order valence-electron chi connectivity index (χ4n) is 1.56. The van der Waals surface area contributed by atoms with Gasteiger partial charge in [-0.25, -0.2) is 4.79 Å². The van der Waals surface area contributed by atoms with Crippen LogP contribution in [-0.2, 0) is 0 Å². The molecule has 2 rings (SSSR count).